The van der Waals surface area contributed by atoms with Gasteiger partial charge in [0.25, 0.3) is 0 Å². The second-order valence-electron chi connectivity index (χ2n) is 3.15. The van der Waals surface area contributed by atoms with E-state index in [2.05, 4.69) is 15.3 Å². The van der Waals surface area contributed by atoms with Crippen molar-refractivity contribution in [2.75, 3.05) is 0 Å². The molecular formula is C8H12N6. The van der Waals surface area contributed by atoms with Crippen LogP contribution in [0.2, 0.25) is 0 Å². The van der Waals surface area contributed by atoms with Gasteiger partial charge in [0, 0.05) is 20.3 Å². The summed E-state index contributed by atoms with van der Waals surface area (Å²) in [6, 6.07) is 1.57. The zero-order valence-corrected chi connectivity index (χ0v) is 8.12. The summed E-state index contributed by atoms with van der Waals surface area (Å²) in [4.78, 5) is 1.48. The van der Waals surface area contributed by atoms with E-state index in [0.717, 1.165) is 11.4 Å². The van der Waals surface area contributed by atoms with Crippen molar-refractivity contribution in [3.05, 3.63) is 29.8 Å². The average Bonchev–Trinajstić information content (AvgIpc) is 2.73. The van der Waals surface area contributed by atoms with Gasteiger partial charge in [-0.15, -0.1) is 0 Å². The van der Waals surface area contributed by atoms with Crippen LogP contribution in [0.5, 0.6) is 0 Å². The molecule has 1 atom stereocenters. The van der Waals surface area contributed by atoms with Crippen LogP contribution >= 0.6 is 0 Å². The minimum atomic E-state index is -0.301. The van der Waals surface area contributed by atoms with Crippen LogP contribution in [-0.2, 0) is 14.1 Å². The van der Waals surface area contributed by atoms with E-state index in [0.29, 0.717) is 0 Å². The normalized spacial score (nSPS) is 13.1. The first kappa shape index (κ1) is 8.89. The summed E-state index contributed by atoms with van der Waals surface area (Å²) in [5.74, 6) is 0. The van der Waals surface area contributed by atoms with Gasteiger partial charge in [0.05, 0.1) is 17.9 Å². The zero-order chi connectivity index (χ0) is 10.1. The van der Waals surface area contributed by atoms with Gasteiger partial charge in [-0.25, -0.2) is 0 Å². The van der Waals surface area contributed by atoms with Crippen molar-refractivity contribution in [1.29, 1.82) is 0 Å². The van der Waals surface area contributed by atoms with Crippen molar-refractivity contribution in [2.24, 2.45) is 19.8 Å². The topological polar surface area (TPSA) is 74.6 Å². The second kappa shape index (κ2) is 3.22. The summed E-state index contributed by atoms with van der Waals surface area (Å²) in [6.07, 6.45) is 3.50. The van der Waals surface area contributed by atoms with E-state index < -0.39 is 0 Å². The van der Waals surface area contributed by atoms with Crippen molar-refractivity contribution < 1.29 is 0 Å². The van der Waals surface area contributed by atoms with Gasteiger partial charge in [0.1, 0.15) is 5.69 Å². The van der Waals surface area contributed by atoms with Gasteiger partial charge in [0.2, 0.25) is 0 Å². The molecule has 0 aromatic carbocycles. The molecule has 1 unspecified atom stereocenters. The zero-order valence-electron chi connectivity index (χ0n) is 8.12. The molecule has 0 spiro atoms. The molecule has 0 fully saturated rings. The average molecular weight is 192 g/mol. The van der Waals surface area contributed by atoms with Crippen LogP contribution in [0.3, 0.4) is 0 Å². The van der Waals surface area contributed by atoms with E-state index in [9.17, 15) is 0 Å². The fourth-order valence-electron chi connectivity index (χ4n) is 1.25. The van der Waals surface area contributed by atoms with Crippen LogP contribution in [-0.4, -0.2) is 24.8 Å². The van der Waals surface area contributed by atoms with E-state index >= 15 is 0 Å². The molecule has 2 rings (SSSR count). The number of aromatic nitrogens is 5. The molecule has 0 aliphatic rings. The molecule has 0 aliphatic carbocycles. The van der Waals surface area contributed by atoms with Crippen LogP contribution in [0, 0.1) is 0 Å². The molecule has 0 amide bonds. The third kappa shape index (κ3) is 1.51. The Morgan fingerprint density at radius 1 is 1.29 bits per heavy atom. The first-order valence-electron chi connectivity index (χ1n) is 4.28. The Labute approximate surface area is 81.3 Å². The van der Waals surface area contributed by atoms with Gasteiger partial charge >= 0.3 is 0 Å². The van der Waals surface area contributed by atoms with Crippen molar-refractivity contribution in [3.8, 4) is 0 Å². The highest BCUT2D eigenvalue weighted by Gasteiger charge is 2.14. The smallest absolute Gasteiger partial charge is 0.106 e. The molecule has 6 nitrogen and oxygen atoms in total. The maximum atomic E-state index is 5.95. The number of nitrogens with two attached hydrogens (primary N) is 1. The number of rotatable bonds is 2. The Balaban J connectivity index is 2.28. The molecule has 0 saturated carbocycles. The summed E-state index contributed by atoms with van der Waals surface area (Å²) in [5, 5.41) is 12.3. The Morgan fingerprint density at radius 3 is 2.57 bits per heavy atom. The lowest BCUT2D eigenvalue weighted by atomic mass is 10.2. The van der Waals surface area contributed by atoms with Gasteiger partial charge in [-0.2, -0.15) is 20.1 Å². The van der Waals surface area contributed by atoms with E-state index in [1.807, 2.05) is 19.3 Å². The Morgan fingerprint density at radius 2 is 2.07 bits per heavy atom. The first-order valence-corrected chi connectivity index (χ1v) is 4.28. The molecule has 0 aliphatic heterocycles. The summed E-state index contributed by atoms with van der Waals surface area (Å²) in [5.41, 5.74) is 7.48. The second-order valence-corrected chi connectivity index (χ2v) is 3.15. The van der Waals surface area contributed by atoms with E-state index in [4.69, 9.17) is 5.73 Å². The molecule has 0 bridgehead atoms. The lowest BCUT2D eigenvalue weighted by Crippen LogP contribution is -2.14. The molecule has 14 heavy (non-hydrogen) atoms. The molecule has 0 saturated heterocycles. The number of hydrogen-bond acceptors (Lipinski definition) is 4. The molecular weight excluding hydrogens is 180 g/mol. The lowest BCUT2D eigenvalue weighted by Gasteiger charge is -2.02. The van der Waals surface area contributed by atoms with E-state index in [1.165, 1.54) is 4.80 Å². The van der Waals surface area contributed by atoms with Crippen LogP contribution in [0.1, 0.15) is 17.4 Å². The Kier molecular flexibility index (Phi) is 2.05. The van der Waals surface area contributed by atoms with Crippen LogP contribution < -0.4 is 5.73 Å². The molecule has 2 aromatic heterocycles. The predicted octanol–water partition coefficient (Wildman–Crippen LogP) is -0.403. The van der Waals surface area contributed by atoms with E-state index in [-0.39, 0.29) is 6.04 Å². The fraction of sp³-hybridized carbons (Fsp3) is 0.375. The number of aryl methyl sites for hydroxylation is 2. The molecule has 6 heteroatoms. The Bertz CT molecular complexity index is 388. The van der Waals surface area contributed by atoms with Crippen LogP contribution in [0.4, 0.5) is 0 Å². The monoisotopic (exact) mass is 192 g/mol. The summed E-state index contributed by atoms with van der Waals surface area (Å²) in [6.45, 7) is 0. The first-order chi connectivity index (χ1) is 6.66. The highest BCUT2D eigenvalue weighted by Crippen LogP contribution is 2.13. The predicted molar refractivity (Wildman–Crippen MR) is 50.2 cm³/mol. The van der Waals surface area contributed by atoms with Gasteiger partial charge < -0.3 is 5.73 Å². The number of hydrogen-bond donors (Lipinski definition) is 1. The maximum absolute atomic E-state index is 5.95. The van der Waals surface area contributed by atoms with Crippen molar-refractivity contribution >= 4 is 0 Å². The molecule has 0 radical (unpaired) electrons. The SMILES string of the molecule is Cn1ccc(C(N)c2cnn(C)n2)n1. The largest absolute Gasteiger partial charge is 0.318 e. The highest BCUT2D eigenvalue weighted by atomic mass is 15.4. The quantitative estimate of drug-likeness (QED) is 0.702. The standard InChI is InChI=1S/C8H12N6/c1-13-4-3-6(11-13)8(9)7-5-10-14(2)12-7/h3-5,8H,9H2,1-2H3. The molecule has 2 heterocycles. The Hall–Kier alpha value is -1.69. The third-order valence-electron chi connectivity index (χ3n) is 1.99. The summed E-state index contributed by atoms with van der Waals surface area (Å²) in [7, 11) is 3.61. The highest BCUT2D eigenvalue weighted by molar-refractivity contribution is 5.16. The maximum Gasteiger partial charge on any atom is 0.106 e. The van der Waals surface area contributed by atoms with Crippen molar-refractivity contribution in [3.63, 3.8) is 0 Å². The van der Waals surface area contributed by atoms with Crippen LogP contribution in [0.25, 0.3) is 0 Å². The lowest BCUT2D eigenvalue weighted by molar-refractivity contribution is 0.631. The molecule has 2 N–H and O–H groups in total. The molecule has 74 valence electrons. The molecule has 2 aromatic rings. The minimum absolute atomic E-state index is 0.301. The van der Waals surface area contributed by atoms with E-state index in [1.54, 1.807) is 17.9 Å². The summed E-state index contributed by atoms with van der Waals surface area (Å²) >= 11 is 0. The minimum Gasteiger partial charge on any atom is -0.318 e. The van der Waals surface area contributed by atoms with Gasteiger partial charge in [-0.3, -0.25) is 4.68 Å². The third-order valence-corrected chi connectivity index (χ3v) is 1.99. The van der Waals surface area contributed by atoms with Gasteiger partial charge in [-0.1, -0.05) is 0 Å². The van der Waals surface area contributed by atoms with Gasteiger partial charge in [-0.05, 0) is 6.07 Å². The van der Waals surface area contributed by atoms with Crippen LogP contribution in [0.15, 0.2) is 18.5 Å². The van der Waals surface area contributed by atoms with Crippen molar-refractivity contribution in [2.45, 2.75) is 6.04 Å². The summed E-state index contributed by atoms with van der Waals surface area (Å²) < 4.78 is 1.71. The van der Waals surface area contributed by atoms with Crippen molar-refractivity contribution in [1.82, 2.24) is 24.8 Å². The van der Waals surface area contributed by atoms with Gasteiger partial charge in [0.15, 0.2) is 0 Å². The number of nitrogens with zero attached hydrogens (tertiary/aromatic N) is 5. The fourth-order valence-corrected chi connectivity index (χ4v) is 1.25.